The lowest BCUT2D eigenvalue weighted by Crippen LogP contribution is -1.98. The number of hydrogen-bond donors (Lipinski definition) is 1. The first-order valence-electron chi connectivity index (χ1n) is 5.85. The van der Waals surface area contributed by atoms with Gasteiger partial charge in [0.25, 0.3) is 0 Å². The zero-order valence-electron chi connectivity index (χ0n) is 9.99. The number of fused-ring (bicyclic) bond motifs is 1. The Hall–Kier alpha value is -1.84. The standard InChI is InChI=1S/C15H11ClFNO/c16-11-2-4-14-10(5-11)6-15(19-14)13-7-12(17)3-1-9(13)8-18/h1-7H,8,18H2. The van der Waals surface area contributed by atoms with E-state index in [1.54, 1.807) is 18.2 Å². The molecular formula is C15H11ClFNO. The van der Waals surface area contributed by atoms with Gasteiger partial charge in [-0.2, -0.15) is 0 Å². The summed E-state index contributed by atoms with van der Waals surface area (Å²) in [6, 6.07) is 11.7. The molecule has 0 saturated heterocycles. The van der Waals surface area contributed by atoms with E-state index in [1.807, 2.05) is 12.1 Å². The van der Waals surface area contributed by atoms with Crippen molar-refractivity contribution in [3.8, 4) is 11.3 Å². The van der Waals surface area contributed by atoms with Crippen LogP contribution in [0.15, 0.2) is 46.9 Å². The van der Waals surface area contributed by atoms with Gasteiger partial charge in [-0.15, -0.1) is 0 Å². The fourth-order valence-electron chi connectivity index (χ4n) is 2.10. The summed E-state index contributed by atoms with van der Waals surface area (Å²) in [6.07, 6.45) is 0. The maximum atomic E-state index is 13.4. The van der Waals surface area contributed by atoms with E-state index in [-0.39, 0.29) is 5.82 Å². The molecule has 2 nitrogen and oxygen atoms in total. The van der Waals surface area contributed by atoms with E-state index >= 15 is 0 Å². The first-order chi connectivity index (χ1) is 9.17. The van der Waals surface area contributed by atoms with E-state index in [9.17, 15) is 4.39 Å². The minimum absolute atomic E-state index is 0.314. The molecule has 0 fully saturated rings. The second kappa shape index (κ2) is 4.68. The summed E-state index contributed by atoms with van der Waals surface area (Å²) < 4.78 is 19.1. The largest absolute Gasteiger partial charge is 0.456 e. The molecule has 0 unspecified atom stereocenters. The Morgan fingerprint density at radius 3 is 2.74 bits per heavy atom. The lowest BCUT2D eigenvalue weighted by atomic mass is 10.0. The van der Waals surface area contributed by atoms with E-state index in [4.69, 9.17) is 21.8 Å². The zero-order chi connectivity index (χ0) is 13.4. The Kier molecular flexibility index (Phi) is 3.01. The zero-order valence-corrected chi connectivity index (χ0v) is 10.7. The first-order valence-corrected chi connectivity index (χ1v) is 6.23. The van der Waals surface area contributed by atoms with Crippen LogP contribution in [0, 0.1) is 5.82 Å². The summed E-state index contributed by atoms with van der Waals surface area (Å²) in [5, 5.41) is 1.52. The van der Waals surface area contributed by atoms with Crippen LogP contribution in [0.2, 0.25) is 5.02 Å². The van der Waals surface area contributed by atoms with Crippen LogP contribution in [0.25, 0.3) is 22.3 Å². The van der Waals surface area contributed by atoms with Crippen molar-refractivity contribution >= 4 is 22.6 Å². The fraction of sp³-hybridized carbons (Fsp3) is 0.0667. The van der Waals surface area contributed by atoms with Gasteiger partial charge in [-0.05, 0) is 42.0 Å². The topological polar surface area (TPSA) is 39.2 Å². The van der Waals surface area contributed by atoms with E-state index < -0.39 is 0 Å². The van der Waals surface area contributed by atoms with Gasteiger partial charge in [0.15, 0.2) is 0 Å². The average molecular weight is 276 g/mol. The lowest BCUT2D eigenvalue weighted by molar-refractivity contribution is 0.616. The van der Waals surface area contributed by atoms with Gasteiger partial charge in [-0.1, -0.05) is 17.7 Å². The molecule has 96 valence electrons. The molecule has 0 atom stereocenters. The number of hydrogen-bond acceptors (Lipinski definition) is 2. The minimum atomic E-state index is -0.314. The monoisotopic (exact) mass is 275 g/mol. The van der Waals surface area contributed by atoms with Gasteiger partial charge in [0.1, 0.15) is 17.2 Å². The minimum Gasteiger partial charge on any atom is -0.456 e. The van der Waals surface area contributed by atoms with Crippen LogP contribution < -0.4 is 5.73 Å². The highest BCUT2D eigenvalue weighted by atomic mass is 35.5. The van der Waals surface area contributed by atoms with Crippen LogP contribution in [0.1, 0.15) is 5.56 Å². The molecule has 0 bridgehead atoms. The number of nitrogens with two attached hydrogens (primary N) is 1. The average Bonchev–Trinajstić information content (AvgIpc) is 2.81. The maximum Gasteiger partial charge on any atom is 0.135 e. The van der Waals surface area contributed by atoms with Crippen molar-refractivity contribution in [3.05, 3.63) is 58.9 Å². The van der Waals surface area contributed by atoms with Crippen molar-refractivity contribution in [1.82, 2.24) is 0 Å². The number of rotatable bonds is 2. The molecule has 4 heteroatoms. The molecular weight excluding hydrogens is 265 g/mol. The van der Waals surface area contributed by atoms with E-state index in [0.717, 1.165) is 10.9 Å². The summed E-state index contributed by atoms with van der Waals surface area (Å²) in [7, 11) is 0. The molecule has 3 aromatic rings. The first kappa shape index (κ1) is 12.2. The molecule has 2 aromatic carbocycles. The van der Waals surface area contributed by atoms with Crippen molar-refractivity contribution in [2.75, 3.05) is 0 Å². The summed E-state index contributed by atoms with van der Waals surface area (Å²) in [5.74, 6) is 0.280. The highest BCUT2D eigenvalue weighted by Gasteiger charge is 2.11. The lowest BCUT2D eigenvalue weighted by Gasteiger charge is -2.04. The molecule has 0 aliphatic rings. The quantitative estimate of drug-likeness (QED) is 0.755. The van der Waals surface area contributed by atoms with Crippen LogP contribution in [-0.4, -0.2) is 0 Å². The van der Waals surface area contributed by atoms with Crippen LogP contribution in [-0.2, 0) is 6.54 Å². The van der Waals surface area contributed by atoms with E-state index in [0.29, 0.717) is 28.5 Å². The van der Waals surface area contributed by atoms with Gasteiger partial charge in [0.2, 0.25) is 0 Å². The fourth-order valence-corrected chi connectivity index (χ4v) is 2.28. The predicted molar refractivity (Wildman–Crippen MR) is 74.5 cm³/mol. The number of furan rings is 1. The van der Waals surface area contributed by atoms with Crippen LogP contribution in [0.3, 0.4) is 0 Å². The van der Waals surface area contributed by atoms with E-state index in [1.165, 1.54) is 12.1 Å². The van der Waals surface area contributed by atoms with Gasteiger partial charge in [-0.25, -0.2) is 4.39 Å². The molecule has 0 saturated carbocycles. The van der Waals surface area contributed by atoms with Crippen molar-refractivity contribution in [2.24, 2.45) is 5.73 Å². The predicted octanol–water partition coefficient (Wildman–Crippen LogP) is 4.35. The van der Waals surface area contributed by atoms with Gasteiger partial charge < -0.3 is 10.2 Å². The summed E-state index contributed by atoms with van der Waals surface area (Å²) in [6.45, 7) is 0.327. The third-order valence-electron chi connectivity index (χ3n) is 3.04. The Morgan fingerprint density at radius 1 is 1.11 bits per heavy atom. The third kappa shape index (κ3) is 2.23. The summed E-state index contributed by atoms with van der Waals surface area (Å²) in [5.41, 5.74) is 7.90. The van der Waals surface area contributed by atoms with Crippen LogP contribution in [0.5, 0.6) is 0 Å². The molecule has 0 aliphatic carbocycles. The van der Waals surface area contributed by atoms with Crippen LogP contribution >= 0.6 is 11.6 Å². The Labute approximate surface area is 114 Å². The molecule has 1 heterocycles. The molecule has 0 amide bonds. The van der Waals surface area contributed by atoms with Gasteiger partial charge in [0, 0.05) is 22.5 Å². The molecule has 0 aliphatic heterocycles. The highest BCUT2D eigenvalue weighted by molar-refractivity contribution is 6.31. The second-order valence-electron chi connectivity index (χ2n) is 4.30. The summed E-state index contributed by atoms with van der Waals surface area (Å²) >= 11 is 5.94. The number of benzene rings is 2. The van der Waals surface area contributed by atoms with Gasteiger partial charge >= 0.3 is 0 Å². The number of halogens is 2. The van der Waals surface area contributed by atoms with Crippen molar-refractivity contribution in [2.45, 2.75) is 6.54 Å². The maximum absolute atomic E-state index is 13.4. The highest BCUT2D eigenvalue weighted by Crippen LogP contribution is 2.31. The Bertz CT molecular complexity index is 751. The third-order valence-corrected chi connectivity index (χ3v) is 3.27. The normalized spacial score (nSPS) is 11.1. The molecule has 0 radical (unpaired) electrons. The Balaban J connectivity index is 2.21. The molecule has 2 N–H and O–H groups in total. The Morgan fingerprint density at radius 2 is 1.95 bits per heavy atom. The van der Waals surface area contributed by atoms with Gasteiger partial charge in [-0.3, -0.25) is 0 Å². The van der Waals surface area contributed by atoms with Crippen LogP contribution in [0.4, 0.5) is 4.39 Å². The smallest absolute Gasteiger partial charge is 0.135 e. The van der Waals surface area contributed by atoms with E-state index in [2.05, 4.69) is 0 Å². The molecule has 1 aromatic heterocycles. The molecule has 0 spiro atoms. The van der Waals surface area contributed by atoms with Crippen molar-refractivity contribution < 1.29 is 8.81 Å². The SMILES string of the molecule is NCc1ccc(F)cc1-c1cc2cc(Cl)ccc2o1. The van der Waals surface area contributed by atoms with Crippen molar-refractivity contribution in [1.29, 1.82) is 0 Å². The van der Waals surface area contributed by atoms with Crippen molar-refractivity contribution in [3.63, 3.8) is 0 Å². The van der Waals surface area contributed by atoms with Gasteiger partial charge in [0.05, 0.1) is 0 Å². The molecule has 3 rings (SSSR count). The summed E-state index contributed by atoms with van der Waals surface area (Å²) in [4.78, 5) is 0. The second-order valence-corrected chi connectivity index (χ2v) is 4.73. The molecule has 19 heavy (non-hydrogen) atoms.